The molecule has 0 fully saturated rings. The molecule has 20 heavy (non-hydrogen) atoms. The summed E-state index contributed by atoms with van der Waals surface area (Å²) in [4.78, 5) is 14.4. The molecule has 0 saturated carbocycles. The van der Waals surface area contributed by atoms with Crippen molar-refractivity contribution in [2.75, 3.05) is 6.61 Å². The second kappa shape index (κ2) is 11.6. The molecule has 0 aliphatic heterocycles. The Morgan fingerprint density at radius 3 is 2.15 bits per heavy atom. The lowest BCUT2D eigenvalue weighted by Gasteiger charge is -2.04. The number of aromatic nitrogens is 1. The van der Waals surface area contributed by atoms with Crippen LogP contribution in [-0.2, 0) is 4.74 Å². The summed E-state index contributed by atoms with van der Waals surface area (Å²) in [5.41, 5.74) is 0.539. The van der Waals surface area contributed by atoms with Crippen LogP contribution in [0.25, 0.3) is 0 Å². The highest BCUT2D eigenvalue weighted by Crippen LogP contribution is 2.10. The van der Waals surface area contributed by atoms with Gasteiger partial charge in [-0.25, -0.2) is 4.79 Å². The zero-order chi connectivity index (χ0) is 14.5. The van der Waals surface area contributed by atoms with Gasteiger partial charge in [-0.3, -0.25) is 0 Å². The molecular weight excluding hydrogens is 250 g/mol. The fourth-order valence-electron chi connectivity index (χ4n) is 2.29. The lowest BCUT2D eigenvalue weighted by molar-refractivity contribution is 0.0491. The molecule has 0 atom stereocenters. The van der Waals surface area contributed by atoms with E-state index in [2.05, 4.69) is 11.9 Å². The molecule has 1 aromatic heterocycles. The van der Waals surface area contributed by atoms with E-state index in [1.165, 1.54) is 51.4 Å². The van der Waals surface area contributed by atoms with Crippen LogP contribution in [0.3, 0.4) is 0 Å². The van der Waals surface area contributed by atoms with Crippen molar-refractivity contribution in [2.45, 2.75) is 71.1 Å². The maximum absolute atomic E-state index is 11.5. The zero-order valence-electron chi connectivity index (χ0n) is 12.8. The van der Waals surface area contributed by atoms with Crippen molar-refractivity contribution in [1.82, 2.24) is 4.98 Å². The third-order valence-electron chi connectivity index (χ3n) is 3.55. The van der Waals surface area contributed by atoms with E-state index < -0.39 is 0 Å². The maximum atomic E-state index is 11.5. The molecule has 0 aliphatic carbocycles. The Bertz CT molecular complexity index is 333. The van der Waals surface area contributed by atoms with Crippen molar-refractivity contribution in [3.05, 3.63) is 24.0 Å². The van der Waals surface area contributed by atoms with Gasteiger partial charge in [-0.2, -0.15) is 0 Å². The standard InChI is InChI=1S/C17H29NO2/c1-2-3-4-5-6-7-8-9-10-11-15-20-17(19)16-13-12-14-18-16/h12-14,18H,2-11,15H2,1H3. The Kier molecular flexibility index (Phi) is 9.72. The van der Waals surface area contributed by atoms with Gasteiger partial charge in [0.25, 0.3) is 0 Å². The van der Waals surface area contributed by atoms with Gasteiger partial charge in [0, 0.05) is 6.20 Å². The minimum absolute atomic E-state index is 0.245. The number of carbonyl (C=O) groups is 1. The number of nitrogens with one attached hydrogen (secondary N) is 1. The summed E-state index contributed by atoms with van der Waals surface area (Å²) in [5, 5.41) is 0. The quantitative estimate of drug-likeness (QED) is 0.427. The van der Waals surface area contributed by atoms with Crippen LogP contribution in [0.4, 0.5) is 0 Å². The Labute approximate surface area is 123 Å². The Balaban J connectivity index is 1.82. The summed E-state index contributed by atoms with van der Waals surface area (Å²) in [6.07, 6.45) is 14.7. The average molecular weight is 279 g/mol. The summed E-state index contributed by atoms with van der Waals surface area (Å²) in [6.45, 7) is 2.79. The first-order valence-corrected chi connectivity index (χ1v) is 8.15. The Morgan fingerprint density at radius 1 is 1.00 bits per heavy atom. The van der Waals surface area contributed by atoms with Gasteiger partial charge in [0.05, 0.1) is 6.61 Å². The van der Waals surface area contributed by atoms with Crippen molar-refractivity contribution in [3.8, 4) is 0 Å². The molecule has 1 heterocycles. The van der Waals surface area contributed by atoms with Gasteiger partial charge in [0.15, 0.2) is 0 Å². The van der Waals surface area contributed by atoms with Crippen LogP contribution >= 0.6 is 0 Å². The van der Waals surface area contributed by atoms with Crippen LogP contribution in [-0.4, -0.2) is 17.6 Å². The number of hydrogen-bond donors (Lipinski definition) is 1. The van der Waals surface area contributed by atoms with Crippen LogP contribution in [0.5, 0.6) is 0 Å². The number of aromatic amines is 1. The molecule has 1 N–H and O–H groups in total. The van der Waals surface area contributed by atoms with Crippen LogP contribution in [0, 0.1) is 0 Å². The number of esters is 1. The summed E-state index contributed by atoms with van der Waals surface area (Å²) in [6, 6.07) is 3.54. The number of H-pyrrole nitrogens is 1. The third kappa shape index (κ3) is 8.03. The SMILES string of the molecule is CCCCCCCCCCCCOC(=O)c1ccc[nH]1. The molecule has 0 bridgehead atoms. The topological polar surface area (TPSA) is 42.1 Å². The van der Waals surface area contributed by atoms with E-state index >= 15 is 0 Å². The van der Waals surface area contributed by atoms with Gasteiger partial charge in [0.1, 0.15) is 5.69 Å². The first-order valence-electron chi connectivity index (χ1n) is 8.15. The normalized spacial score (nSPS) is 10.7. The monoisotopic (exact) mass is 279 g/mol. The Morgan fingerprint density at radius 2 is 1.60 bits per heavy atom. The number of rotatable bonds is 12. The van der Waals surface area contributed by atoms with E-state index in [4.69, 9.17) is 4.74 Å². The Hall–Kier alpha value is -1.25. The van der Waals surface area contributed by atoms with Crippen LogP contribution in [0.2, 0.25) is 0 Å². The molecular formula is C17H29NO2. The number of unbranched alkanes of at least 4 members (excludes halogenated alkanes) is 9. The lowest BCUT2D eigenvalue weighted by Crippen LogP contribution is -2.06. The van der Waals surface area contributed by atoms with E-state index in [1.54, 1.807) is 18.3 Å². The highest BCUT2D eigenvalue weighted by Gasteiger charge is 2.06. The molecule has 1 rings (SSSR count). The molecule has 0 spiro atoms. The smallest absolute Gasteiger partial charge is 0.354 e. The molecule has 0 saturated heterocycles. The first kappa shape index (κ1) is 16.8. The van der Waals surface area contributed by atoms with Crippen molar-refractivity contribution >= 4 is 5.97 Å². The van der Waals surface area contributed by atoms with Crippen molar-refractivity contribution in [1.29, 1.82) is 0 Å². The molecule has 0 aliphatic rings. The molecule has 0 unspecified atom stereocenters. The predicted octanol–water partition coefficient (Wildman–Crippen LogP) is 5.09. The van der Waals surface area contributed by atoms with Crippen molar-refractivity contribution in [2.24, 2.45) is 0 Å². The molecule has 1 aromatic rings. The first-order chi connectivity index (χ1) is 9.84. The third-order valence-corrected chi connectivity index (χ3v) is 3.55. The second-order valence-corrected chi connectivity index (χ2v) is 5.40. The highest BCUT2D eigenvalue weighted by molar-refractivity contribution is 5.87. The van der Waals surface area contributed by atoms with Crippen LogP contribution < -0.4 is 0 Å². The van der Waals surface area contributed by atoms with Gasteiger partial charge in [-0.15, -0.1) is 0 Å². The number of carbonyl (C=O) groups excluding carboxylic acids is 1. The van der Waals surface area contributed by atoms with Crippen LogP contribution in [0.15, 0.2) is 18.3 Å². The molecule has 0 radical (unpaired) electrons. The van der Waals surface area contributed by atoms with Gasteiger partial charge >= 0.3 is 5.97 Å². The number of ether oxygens (including phenoxy) is 1. The van der Waals surface area contributed by atoms with E-state index in [1.807, 2.05) is 0 Å². The summed E-state index contributed by atoms with van der Waals surface area (Å²) in [7, 11) is 0. The van der Waals surface area contributed by atoms with E-state index in [0.717, 1.165) is 12.8 Å². The van der Waals surface area contributed by atoms with Gasteiger partial charge in [-0.05, 0) is 18.6 Å². The van der Waals surface area contributed by atoms with Crippen molar-refractivity contribution in [3.63, 3.8) is 0 Å². The summed E-state index contributed by atoms with van der Waals surface area (Å²) in [5.74, 6) is -0.245. The fourth-order valence-corrected chi connectivity index (χ4v) is 2.29. The zero-order valence-corrected chi connectivity index (χ0v) is 12.8. The summed E-state index contributed by atoms with van der Waals surface area (Å²) >= 11 is 0. The largest absolute Gasteiger partial charge is 0.461 e. The van der Waals surface area contributed by atoms with Gasteiger partial charge < -0.3 is 9.72 Å². The van der Waals surface area contributed by atoms with Gasteiger partial charge in [0.2, 0.25) is 0 Å². The fraction of sp³-hybridized carbons (Fsp3) is 0.706. The predicted molar refractivity (Wildman–Crippen MR) is 82.9 cm³/mol. The maximum Gasteiger partial charge on any atom is 0.354 e. The summed E-state index contributed by atoms with van der Waals surface area (Å²) < 4.78 is 5.19. The van der Waals surface area contributed by atoms with Crippen molar-refractivity contribution < 1.29 is 9.53 Å². The van der Waals surface area contributed by atoms with E-state index in [9.17, 15) is 4.79 Å². The minimum atomic E-state index is -0.245. The van der Waals surface area contributed by atoms with Crippen LogP contribution in [0.1, 0.15) is 81.6 Å². The molecule has 3 nitrogen and oxygen atoms in total. The number of hydrogen-bond acceptors (Lipinski definition) is 2. The minimum Gasteiger partial charge on any atom is -0.461 e. The molecule has 0 amide bonds. The average Bonchev–Trinajstić information content (AvgIpc) is 2.99. The lowest BCUT2D eigenvalue weighted by atomic mass is 10.1. The molecule has 114 valence electrons. The van der Waals surface area contributed by atoms with Gasteiger partial charge in [-0.1, -0.05) is 64.7 Å². The van der Waals surface area contributed by atoms with E-state index in [0.29, 0.717) is 12.3 Å². The molecule has 0 aromatic carbocycles. The molecule has 3 heteroatoms. The highest BCUT2D eigenvalue weighted by atomic mass is 16.5. The van der Waals surface area contributed by atoms with E-state index in [-0.39, 0.29) is 5.97 Å². The second-order valence-electron chi connectivity index (χ2n) is 5.40.